The van der Waals surface area contributed by atoms with Gasteiger partial charge in [-0.1, -0.05) is 91.0 Å². The molecule has 520 valence electrons. The molecule has 9 aromatic carbocycles. The van der Waals surface area contributed by atoms with E-state index >= 15 is 0 Å². The summed E-state index contributed by atoms with van der Waals surface area (Å²) in [4.78, 5) is 47.8. The highest BCUT2D eigenvalue weighted by atomic mass is 127. The molecule has 0 heterocycles. The van der Waals surface area contributed by atoms with E-state index in [1.807, 2.05) is 173 Å². The molecule has 0 aliphatic carbocycles. The number of amides is 1. The van der Waals surface area contributed by atoms with Crippen molar-refractivity contribution in [3.63, 3.8) is 0 Å². The van der Waals surface area contributed by atoms with Crippen LogP contribution in [0.25, 0.3) is 0 Å². The smallest absolute Gasteiger partial charge is 0.408 e. The first-order chi connectivity index (χ1) is 46.7. The molecule has 9 aromatic rings. The zero-order valence-corrected chi connectivity index (χ0v) is 77.8. The lowest BCUT2D eigenvalue weighted by molar-refractivity contribution is -0.140. The van der Waals surface area contributed by atoms with Gasteiger partial charge in [0.15, 0.2) is 17.2 Å². The summed E-state index contributed by atoms with van der Waals surface area (Å²) in [6.45, 7) is 5.13. The van der Waals surface area contributed by atoms with Crippen LogP contribution in [-0.2, 0) is 43.9 Å². The van der Waals surface area contributed by atoms with Gasteiger partial charge in [-0.15, -0.1) is 0 Å². The van der Waals surface area contributed by atoms with Crippen LogP contribution in [0.4, 0.5) is 4.79 Å². The fourth-order valence-electron chi connectivity index (χ4n) is 9.59. The van der Waals surface area contributed by atoms with Crippen molar-refractivity contribution in [3.05, 3.63) is 240 Å². The number of aliphatic carboxylic acids is 3. The van der Waals surface area contributed by atoms with Gasteiger partial charge in [0.05, 0.1) is 48.4 Å². The van der Waals surface area contributed by atoms with Crippen LogP contribution in [0.1, 0.15) is 54.2 Å². The van der Waals surface area contributed by atoms with Gasteiger partial charge in [0, 0.05) is 6.42 Å². The first kappa shape index (κ1) is 84.4. The lowest BCUT2D eigenvalue weighted by Crippen LogP contribution is -2.53. The molecule has 0 aromatic heterocycles. The molecule has 0 fully saturated rings. The Bertz CT molecular complexity index is 4170. The number of likely N-dealkylation sites (N-methyl/N-ethyl adjacent to an activating group) is 1. The molecule has 1 amide bonds. The average Bonchev–Trinajstić information content (AvgIpc) is 0.752. The van der Waals surface area contributed by atoms with E-state index in [1.165, 1.54) is 0 Å². The number of rotatable bonds is 22. The van der Waals surface area contributed by atoms with Crippen LogP contribution in [0.3, 0.4) is 0 Å². The topological polar surface area (TPSA) is 263 Å². The Hall–Kier alpha value is -1.86. The van der Waals surface area contributed by atoms with E-state index < -0.39 is 53.3 Å². The molecule has 0 saturated carbocycles. The maximum absolute atomic E-state index is 12.9. The lowest BCUT2D eigenvalue weighted by Gasteiger charge is -2.39. The number of nitrogens with one attached hydrogen (secondary N) is 3. The van der Waals surface area contributed by atoms with Crippen LogP contribution in [0.2, 0.25) is 0 Å². The molecule has 17 nitrogen and oxygen atoms in total. The molecule has 0 spiro atoms. The zero-order chi connectivity index (χ0) is 72.8. The van der Waals surface area contributed by atoms with Gasteiger partial charge in [-0.3, -0.25) is 14.9 Å². The van der Waals surface area contributed by atoms with Crippen molar-refractivity contribution in [1.82, 2.24) is 16.0 Å². The molecular formula is C70H57I12N3O14. The number of carbonyl (C=O) groups excluding carboxylic acids is 1. The summed E-state index contributed by atoms with van der Waals surface area (Å²) in [6, 6.07) is 49.4. The Kier molecular flexibility index (Phi) is 33.4. The highest BCUT2D eigenvalue weighted by Crippen LogP contribution is 2.42. The number of phenols is 3. The largest absolute Gasteiger partial charge is 0.506 e. The van der Waals surface area contributed by atoms with Crippen LogP contribution in [-0.4, -0.2) is 85.4 Å². The van der Waals surface area contributed by atoms with Crippen molar-refractivity contribution in [3.8, 4) is 51.7 Å². The van der Waals surface area contributed by atoms with Gasteiger partial charge in [-0.05, 0) is 418 Å². The molecule has 9 rings (SSSR count). The van der Waals surface area contributed by atoms with Crippen molar-refractivity contribution in [2.45, 2.75) is 69.3 Å². The van der Waals surface area contributed by atoms with Crippen LogP contribution in [0, 0.1) is 42.8 Å². The van der Waals surface area contributed by atoms with E-state index in [4.69, 9.17) is 18.9 Å². The van der Waals surface area contributed by atoms with Crippen LogP contribution < -0.4 is 30.2 Å². The minimum atomic E-state index is -1.15. The van der Waals surface area contributed by atoms with Crippen LogP contribution >= 0.6 is 271 Å². The van der Waals surface area contributed by atoms with E-state index in [0.29, 0.717) is 49.4 Å². The van der Waals surface area contributed by atoms with Crippen molar-refractivity contribution >= 4 is 295 Å². The summed E-state index contributed by atoms with van der Waals surface area (Å²) in [7, 11) is 1.64. The molecular weight excluding hydrogens is 2630 g/mol. The van der Waals surface area contributed by atoms with E-state index in [9.17, 15) is 49.8 Å². The fraction of sp³-hybridized carbons (Fsp3) is 0.171. The Balaban J connectivity index is 0.000000218. The van der Waals surface area contributed by atoms with Crippen LogP contribution in [0.15, 0.2) is 164 Å². The minimum absolute atomic E-state index is 0.0931. The Morgan fingerprint density at radius 2 is 0.636 bits per heavy atom. The molecule has 0 aliphatic rings. The zero-order valence-electron chi connectivity index (χ0n) is 51.9. The number of carbonyl (C=O) groups is 4. The molecule has 0 bridgehead atoms. The Labute approximate surface area is 735 Å². The third kappa shape index (κ3) is 24.1. The van der Waals surface area contributed by atoms with Gasteiger partial charge in [0.25, 0.3) is 0 Å². The van der Waals surface area contributed by atoms with Crippen molar-refractivity contribution in [2.75, 3.05) is 7.05 Å². The lowest BCUT2D eigenvalue weighted by atomic mass is 9.76. The summed E-state index contributed by atoms with van der Waals surface area (Å²) in [6.07, 6.45) is -0.0331. The van der Waals surface area contributed by atoms with Gasteiger partial charge < -0.3 is 60.2 Å². The molecule has 3 atom stereocenters. The summed E-state index contributed by atoms with van der Waals surface area (Å²) in [5.41, 5.74) is 3.75. The second kappa shape index (κ2) is 39.1. The number of alkyl carbamates (subject to hydrolysis) is 1. The number of aromatic hydroxyl groups is 3. The number of phenolic OH excluding ortho intramolecular Hbond substituents is 3. The first-order valence-electron chi connectivity index (χ1n) is 29.0. The third-order valence-corrected chi connectivity index (χ3v) is 23.8. The minimum Gasteiger partial charge on any atom is -0.506 e. The van der Waals surface area contributed by atoms with Gasteiger partial charge in [-0.25, -0.2) is 9.59 Å². The predicted octanol–water partition coefficient (Wildman–Crippen LogP) is 20.1. The summed E-state index contributed by atoms with van der Waals surface area (Å²) in [5.74, 6) is 1.64. The van der Waals surface area contributed by atoms with Crippen molar-refractivity contribution < 1.29 is 68.8 Å². The average molecular weight is 2690 g/mol. The highest BCUT2D eigenvalue weighted by Gasteiger charge is 2.40. The monoisotopic (exact) mass is 2690 g/mol. The van der Waals surface area contributed by atoms with E-state index in [1.54, 1.807) is 64.2 Å². The van der Waals surface area contributed by atoms with Gasteiger partial charge in [0.1, 0.15) is 58.2 Å². The second-order valence-electron chi connectivity index (χ2n) is 22.4. The van der Waals surface area contributed by atoms with Gasteiger partial charge in [0.2, 0.25) is 0 Å². The first-order valence-corrected chi connectivity index (χ1v) is 41.9. The van der Waals surface area contributed by atoms with Gasteiger partial charge in [-0.2, -0.15) is 0 Å². The number of halogens is 12. The maximum atomic E-state index is 12.9. The van der Waals surface area contributed by atoms with E-state index in [2.05, 4.69) is 242 Å². The Morgan fingerprint density at radius 3 is 0.879 bits per heavy atom. The quantitative estimate of drug-likeness (QED) is 0.0226. The number of ether oxygens (including phenoxy) is 4. The fourth-order valence-corrected chi connectivity index (χ4v) is 21.1. The summed E-state index contributed by atoms with van der Waals surface area (Å²) >= 11 is 25.5. The standard InChI is InChI=1S/C34H25I4NO4.C20H19I4NO6.C16H13I4NO4/c35-26-19-25(20-27(36)31(26)40)43-32-28(37)16-21(17-29(32)38)18-30(33(41)42)39-34(22-10-4-1-5-11-22,23-12-6-2-7-13-23)24-14-8-3-9-15-24;1-20(2,3)31-19(29)25-15(18(27)28)6-9-4-13(23)17(14(24)5-9)30-10-7-11(21)16(26)12(22)8-10;1-21-13(16(23)24)4-7-2-11(19)15(12(20)3-7)25-8-5-9(17)14(22)10(18)6-8/h1-17,19-20,30,39-40H,18H2,(H,41,42);4-5,7-8,15,26H,6H2,1-3H3,(H,25,29)(H,27,28);2-3,5-6,13,21-22H,4H2,1H3,(H,23,24). The second-order valence-corrected chi connectivity index (χ2v) is 36.3. The predicted molar refractivity (Wildman–Crippen MR) is 483 cm³/mol. The number of carboxylic acid groups (broad SMARTS) is 3. The molecule has 9 N–H and O–H groups in total. The molecule has 99 heavy (non-hydrogen) atoms. The molecule has 3 unspecified atom stereocenters. The summed E-state index contributed by atoms with van der Waals surface area (Å²) in [5, 5.41) is 68.1. The maximum Gasteiger partial charge on any atom is 0.408 e. The molecule has 0 radical (unpaired) electrons. The summed E-state index contributed by atoms with van der Waals surface area (Å²) < 4.78 is 32.8. The molecule has 0 saturated heterocycles. The Morgan fingerprint density at radius 1 is 0.384 bits per heavy atom. The highest BCUT2D eigenvalue weighted by molar-refractivity contribution is 14.1. The number of hydrogen-bond donors (Lipinski definition) is 9. The molecule has 29 heteroatoms. The number of hydrogen-bond acceptors (Lipinski definition) is 13. The number of benzene rings is 9. The number of carboxylic acids is 3. The third-order valence-electron chi connectivity index (χ3n) is 14.1. The van der Waals surface area contributed by atoms with Crippen molar-refractivity contribution in [1.29, 1.82) is 0 Å². The molecule has 0 aliphatic heterocycles. The normalized spacial score (nSPS) is 12.1. The van der Waals surface area contributed by atoms with Gasteiger partial charge >= 0.3 is 24.0 Å². The van der Waals surface area contributed by atoms with E-state index in [-0.39, 0.29) is 30.1 Å². The van der Waals surface area contributed by atoms with Crippen LogP contribution in [0.5, 0.6) is 51.7 Å². The SMILES string of the molecule is CC(C)(C)OC(=O)NC(Cc1cc(I)c(Oc2cc(I)c(O)c(I)c2)c(I)c1)C(=O)O.CNC(Cc1cc(I)c(Oc2cc(I)c(O)c(I)c2)c(I)c1)C(=O)O.O=C(O)C(Cc1cc(I)c(Oc2cc(I)c(O)c(I)c2)c(I)c1)NC(c1ccccc1)(c1ccccc1)c1ccccc1. The van der Waals surface area contributed by atoms with E-state index in [0.717, 1.165) is 67.7 Å². The van der Waals surface area contributed by atoms with Crippen molar-refractivity contribution in [2.24, 2.45) is 0 Å².